The van der Waals surface area contributed by atoms with E-state index in [4.69, 9.17) is 10.5 Å². The third kappa shape index (κ3) is 2.37. The van der Waals surface area contributed by atoms with Crippen molar-refractivity contribution in [2.45, 2.75) is 0 Å². The molecule has 0 saturated heterocycles. The standard InChI is InChI=1S/C11H5F3N2O/c1-17-9-3-8(12)11(14)10(13)7(9)2-6(4-15)5-16/h2-3H,1H3. The summed E-state index contributed by atoms with van der Waals surface area (Å²) in [5.41, 5.74) is -0.933. The fourth-order valence-corrected chi connectivity index (χ4v) is 1.12. The van der Waals surface area contributed by atoms with Crippen LogP contribution in [-0.2, 0) is 0 Å². The lowest BCUT2D eigenvalue weighted by molar-refractivity contribution is 0.389. The summed E-state index contributed by atoms with van der Waals surface area (Å²) >= 11 is 0. The van der Waals surface area contributed by atoms with Gasteiger partial charge in [-0.15, -0.1) is 0 Å². The molecular formula is C11H5F3N2O. The summed E-state index contributed by atoms with van der Waals surface area (Å²) in [5.74, 6) is -4.91. The molecule has 0 aliphatic carbocycles. The molecule has 0 N–H and O–H groups in total. The van der Waals surface area contributed by atoms with Crippen LogP contribution in [0.5, 0.6) is 5.75 Å². The van der Waals surface area contributed by atoms with Crippen LogP contribution in [0.2, 0.25) is 0 Å². The number of nitrogens with zero attached hydrogens (tertiary/aromatic N) is 2. The Morgan fingerprint density at radius 1 is 1.24 bits per heavy atom. The molecule has 0 atom stereocenters. The van der Waals surface area contributed by atoms with Gasteiger partial charge in [-0.3, -0.25) is 0 Å². The quantitative estimate of drug-likeness (QED) is 0.587. The molecule has 0 fully saturated rings. The van der Waals surface area contributed by atoms with Crippen LogP contribution in [0.15, 0.2) is 11.6 Å². The summed E-state index contributed by atoms with van der Waals surface area (Å²) in [4.78, 5) is 0. The molecule has 0 amide bonds. The topological polar surface area (TPSA) is 56.8 Å². The number of halogens is 3. The summed E-state index contributed by atoms with van der Waals surface area (Å²) in [5, 5.41) is 17.0. The second kappa shape index (κ2) is 5.04. The highest BCUT2D eigenvalue weighted by Gasteiger charge is 2.18. The highest BCUT2D eigenvalue weighted by molar-refractivity contribution is 5.66. The molecule has 17 heavy (non-hydrogen) atoms. The van der Waals surface area contributed by atoms with Gasteiger partial charge in [0.05, 0.1) is 12.7 Å². The second-order valence-electron chi connectivity index (χ2n) is 2.88. The monoisotopic (exact) mass is 238 g/mol. The number of hydrogen-bond acceptors (Lipinski definition) is 3. The first-order valence-electron chi connectivity index (χ1n) is 4.28. The lowest BCUT2D eigenvalue weighted by Crippen LogP contribution is -1.99. The first-order valence-corrected chi connectivity index (χ1v) is 4.28. The van der Waals surface area contributed by atoms with Gasteiger partial charge in [-0.2, -0.15) is 10.5 Å². The summed E-state index contributed by atoms with van der Waals surface area (Å²) < 4.78 is 43.9. The van der Waals surface area contributed by atoms with Gasteiger partial charge < -0.3 is 4.74 Å². The number of ether oxygens (including phenoxy) is 1. The Morgan fingerprint density at radius 3 is 2.29 bits per heavy atom. The average Bonchev–Trinajstić information content (AvgIpc) is 2.34. The number of hydrogen-bond donors (Lipinski definition) is 0. The third-order valence-electron chi connectivity index (χ3n) is 1.91. The van der Waals surface area contributed by atoms with Crippen molar-refractivity contribution in [1.29, 1.82) is 10.5 Å². The maximum Gasteiger partial charge on any atom is 0.195 e. The van der Waals surface area contributed by atoms with Gasteiger partial charge in [-0.25, -0.2) is 13.2 Å². The van der Waals surface area contributed by atoms with E-state index in [1.165, 1.54) is 12.1 Å². The van der Waals surface area contributed by atoms with Gasteiger partial charge in [-0.1, -0.05) is 0 Å². The van der Waals surface area contributed by atoms with E-state index in [9.17, 15) is 13.2 Å². The zero-order valence-electron chi connectivity index (χ0n) is 8.59. The van der Waals surface area contributed by atoms with E-state index in [2.05, 4.69) is 4.74 Å². The van der Waals surface area contributed by atoms with Crippen molar-refractivity contribution >= 4 is 6.08 Å². The molecule has 0 heterocycles. The van der Waals surface area contributed by atoms with E-state index in [1.807, 2.05) is 0 Å². The molecule has 0 unspecified atom stereocenters. The van der Waals surface area contributed by atoms with Crippen molar-refractivity contribution in [2.75, 3.05) is 7.11 Å². The molecule has 0 saturated carbocycles. The Balaban J connectivity index is 3.54. The molecule has 0 spiro atoms. The predicted octanol–water partition coefficient (Wildman–Crippen LogP) is 2.54. The van der Waals surface area contributed by atoms with Crippen molar-refractivity contribution in [2.24, 2.45) is 0 Å². The van der Waals surface area contributed by atoms with Gasteiger partial charge in [-0.05, 0) is 6.08 Å². The Labute approximate surface area is 95.0 Å². The fourth-order valence-electron chi connectivity index (χ4n) is 1.12. The normalized spacial score (nSPS) is 9.06. The van der Waals surface area contributed by atoms with Crippen molar-refractivity contribution in [3.63, 3.8) is 0 Å². The molecule has 0 aliphatic rings. The van der Waals surface area contributed by atoms with Crippen LogP contribution in [0.1, 0.15) is 5.56 Å². The van der Waals surface area contributed by atoms with Gasteiger partial charge in [0.2, 0.25) is 0 Å². The largest absolute Gasteiger partial charge is 0.496 e. The smallest absolute Gasteiger partial charge is 0.195 e. The van der Waals surface area contributed by atoms with Crippen LogP contribution in [0, 0.1) is 40.1 Å². The molecule has 0 radical (unpaired) electrons. The SMILES string of the molecule is COc1cc(F)c(F)c(F)c1C=C(C#N)C#N. The van der Waals surface area contributed by atoms with Crippen LogP contribution in [-0.4, -0.2) is 7.11 Å². The van der Waals surface area contributed by atoms with Crippen molar-refractivity contribution in [1.82, 2.24) is 0 Å². The summed E-state index contributed by atoms with van der Waals surface area (Å²) in [6, 6.07) is 3.58. The Bertz CT molecular complexity index is 552. The second-order valence-corrected chi connectivity index (χ2v) is 2.88. The van der Waals surface area contributed by atoms with E-state index in [-0.39, 0.29) is 5.75 Å². The molecule has 1 aromatic carbocycles. The number of methoxy groups -OCH3 is 1. The zero-order valence-corrected chi connectivity index (χ0v) is 8.59. The van der Waals surface area contributed by atoms with E-state index in [0.29, 0.717) is 6.07 Å². The maximum atomic E-state index is 13.4. The lowest BCUT2D eigenvalue weighted by Gasteiger charge is -2.07. The zero-order chi connectivity index (χ0) is 13.0. The van der Waals surface area contributed by atoms with Gasteiger partial charge in [0.1, 0.15) is 23.5 Å². The Kier molecular flexibility index (Phi) is 3.74. The molecule has 0 aromatic heterocycles. The molecule has 0 bridgehead atoms. The van der Waals surface area contributed by atoms with Gasteiger partial charge in [0, 0.05) is 6.07 Å². The predicted molar refractivity (Wildman–Crippen MR) is 52.1 cm³/mol. The summed E-state index contributed by atoms with van der Waals surface area (Å²) in [6.45, 7) is 0. The van der Waals surface area contributed by atoms with Crippen LogP contribution in [0.25, 0.3) is 6.08 Å². The number of nitriles is 2. The molecule has 0 aliphatic heterocycles. The van der Waals surface area contributed by atoms with E-state index in [1.54, 1.807) is 0 Å². The molecular weight excluding hydrogens is 233 g/mol. The van der Waals surface area contributed by atoms with Crippen LogP contribution in [0.4, 0.5) is 13.2 Å². The number of rotatable bonds is 2. The van der Waals surface area contributed by atoms with E-state index < -0.39 is 28.6 Å². The van der Waals surface area contributed by atoms with Gasteiger partial charge >= 0.3 is 0 Å². The molecule has 1 aromatic rings. The van der Waals surface area contributed by atoms with E-state index in [0.717, 1.165) is 13.2 Å². The van der Waals surface area contributed by atoms with Crippen LogP contribution >= 0.6 is 0 Å². The van der Waals surface area contributed by atoms with Crippen molar-refractivity contribution < 1.29 is 17.9 Å². The average molecular weight is 238 g/mol. The first-order chi connectivity index (χ1) is 8.04. The minimum absolute atomic E-state index is 0.301. The summed E-state index contributed by atoms with van der Waals surface area (Å²) in [7, 11) is 1.13. The fraction of sp³-hybridized carbons (Fsp3) is 0.0909. The van der Waals surface area contributed by atoms with Crippen LogP contribution in [0.3, 0.4) is 0 Å². The maximum absolute atomic E-state index is 13.4. The minimum Gasteiger partial charge on any atom is -0.496 e. The lowest BCUT2D eigenvalue weighted by atomic mass is 10.1. The summed E-state index contributed by atoms with van der Waals surface area (Å²) in [6.07, 6.45) is 0.788. The Morgan fingerprint density at radius 2 is 1.82 bits per heavy atom. The van der Waals surface area contributed by atoms with Crippen LogP contribution < -0.4 is 4.74 Å². The molecule has 1 rings (SSSR count). The van der Waals surface area contributed by atoms with E-state index >= 15 is 0 Å². The van der Waals surface area contributed by atoms with Crippen molar-refractivity contribution in [3.8, 4) is 17.9 Å². The molecule has 86 valence electrons. The highest BCUT2D eigenvalue weighted by Crippen LogP contribution is 2.28. The first kappa shape index (κ1) is 12.6. The minimum atomic E-state index is -1.69. The molecule has 3 nitrogen and oxygen atoms in total. The highest BCUT2D eigenvalue weighted by atomic mass is 19.2. The number of allylic oxidation sites excluding steroid dienone is 1. The molecule has 6 heteroatoms. The Hall–Kier alpha value is -2.47. The number of benzene rings is 1. The van der Waals surface area contributed by atoms with Gasteiger partial charge in [0.25, 0.3) is 0 Å². The third-order valence-corrected chi connectivity index (χ3v) is 1.91. The van der Waals surface area contributed by atoms with Gasteiger partial charge in [0.15, 0.2) is 17.5 Å². The van der Waals surface area contributed by atoms with Crippen molar-refractivity contribution in [3.05, 3.63) is 34.7 Å².